The van der Waals surface area contributed by atoms with Gasteiger partial charge in [0.25, 0.3) is 0 Å². The van der Waals surface area contributed by atoms with Crippen LogP contribution in [0.15, 0.2) is 18.2 Å². The molecule has 0 aliphatic heterocycles. The van der Waals surface area contributed by atoms with Gasteiger partial charge in [0.05, 0.1) is 0 Å². The van der Waals surface area contributed by atoms with Gasteiger partial charge in [-0.25, -0.2) is 0 Å². The van der Waals surface area contributed by atoms with Crippen LogP contribution in [0.3, 0.4) is 0 Å². The van der Waals surface area contributed by atoms with Crippen LogP contribution < -0.4 is 16.0 Å². The molecule has 4 heteroatoms. The predicted molar refractivity (Wildman–Crippen MR) is 77.0 cm³/mol. The van der Waals surface area contributed by atoms with Crippen molar-refractivity contribution in [2.75, 3.05) is 24.3 Å². The van der Waals surface area contributed by atoms with Crippen molar-refractivity contribution in [2.45, 2.75) is 32.7 Å². The van der Waals surface area contributed by atoms with Gasteiger partial charge in [-0.1, -0.05) is 0 Å². The largest absolute Gasteiger partial charge is 0.378 e. The van der Waals surface area contributed by atoms with E-state index in [0.29, 0.717) is 12.8 Å². The number of rotatable bonds is 5. The van der Waals surface area contributed by atoms with E-state index in [-0.39, 0.29) is 11.9 Å². The molecule has 0 radical (unpaired) electrons. The lowest BCUT2D eigenvalue weighted by Gasteiger charge is -2.15. The number of hydrogen-bond acceptors (Lipinski definition) is 3. The van der Waals surface area contributed by atoms with Crippen LogP contribution in [0, 0.1) is 6.92 Å². The first-order valence-corrected chi connectivity index (χ1v) is 6.23. The van der Waals surface area contributed by atoms with Crippen LogP contribution >= 0.6 is 0 Å². The number of benzene rings is 1. The number of amides is 1. The zero-order valence-corrected chi connectivity index (χ0v) is 11.7. The highest BCUT2D eigenvalue weighted by Gasteiger charge is 2.07. The molecule has 1 amide bonds. The Morgan fingerprint density at radius 3 is 2.61 bits per heavy atom. The molecule has 0 aliphatic rings. The van der Waals surface area contributed by atoms with Crippen LogP contribution in [0.25, 0.3) is 0 Å². The quantitative estimate of drug-likeness (QED) is 0.840. The van der Waals surface area contributed by atoms with Crippen molar-refractivity contribution in [3.63, 3.8) is 0 Å². The maximum Gasteiger partial charge on any atom is 0.224 e. The molecule has 0 fully saturated rings. The minimum atomic E-state index is 0.0213. The number of nitrogens with zero attached hydrogens (tertiary/aromatic N) is 1. The monoisotopic (exact) mass is 249 g/mol. The van der Waals surface area contributed by atoms with Gasteiger partial charge >= 0.3 is 0 Å². The molecule has 4 nitrogen and oxygen atoms in total. The van der Waals surface area contributed by atoms with Crippen molar-refractivity contribution in [1.29, 1.82) is 0 Å². The second kappa shape index (κ2) is 6.40. The van der Waals surface area contributed by atoms with Gasteiger partial charge in [0.1, 0.15) is 0 Å². The highest BCUT2D eigenvalue weighted by molar-refractivity contribution is 5.91. The molecule has 0 spiro atoms. The van der Waals surface area contributed by atoms with Crippen molar-refractivity contribution < 1.29 is 4.79 Å². The molecule has 0 saturated carbocycles. The standard InChI is InChI=1S/C14H23N3O/c1-10-9-12(17(3)4)6-7-13(10)16-14(18)8-5-11(2)15/h6-7,9,11H,5,8,15H2,1-4H3,(H,16,18). The summed E-state index contributed by atoms with van der Waals surface area (Å²) in [6, 6.07) is 6.05. The molecule has 0 bridgehead atoms. The number of anilines is 2. The Morgan fingerprint density at radius 2 is 2.11 bits per heavy atom. The van der Waals surface area contributed by atoms with E-state index in [1.807, 2.05) is 45.0 Å². The Balaban J connectivity index is 2.65. The fourth-order valence-electron chi connectivity index (χ4n) is 1.64. The number of carbonyl (C=O) groups excluding carboxylic acids is 1. The van der Waals surface area contributed by atoms with Crippen molar-refractivity contribution in [3.05, 3.63) is 23.8 Å². The second-order valence-electron chi connectivity index (χ2n) is 4.96. The van der Waals surface area contributed by atoms with Gasteiger partial charge < -0.3 is 16.0 Å². The van der Waals surface area contributed by atoms with Gasteiger partial charge in [0, 0.05) is 37.9 Å². The summed E-state index contributed by atoms with van der Waals surface area (Å²) >= 11 is 0. The molecule has 3 N–H and O–H groups in total. The van der Waals surface area contributed by atoms with Gasteiger partial charge in [0.15, 0.2) is 0 Å². The van der Waals surface area contributed by atoms with Crippen molar-refractivity contribution in [2.24, 2.45) is 5.73 Å². The van der Waals surface area contributed by atoms with Gasteiger partial charge in [-0.05, 0) is 44.0 Å². The van der Waals surface area contributed by atoms with Crippen LogP contribution in [0.1, 0.15) is 25.3 Å². The lowest BCUT2D eigenvalue weighted by molar-refractivity contribution is -0.116. The Kier molecular flexibility index (Phi) is 5.16. The first-order valence-electron chi connectivity index (χ1n) is 6.23. The first-order chi connectivity index (χ1) is 8.40. The van der Waals surface area contributed by atoms with Gasteiger partial charge in [-0.15, -0.1) is 0 Å². The molecule has 1 aromatic carbocycles. The van der Waals surface area contributed by atoms with E-state index in [0.717, 1.165) is 16.9 Å². The van der Waals surface area contributed by atoms with E-state index in [2.05, 4.69) is 11.4 Å². The second-order valence-corrected chi connectivity index (χ2v) is 4.96. The van der Waals surface area contributed by atoms with Gasteiger partial charge in [-0.2, -0.15) is 0 Å². The molecule has 100 valence electrons. The molecule has 1 rings (SSSR count). The Bertz CT molecular complexity index is 414. The fourth-order valence-corrected chi connectivity index (χ4v) is 1.64. The van der Waals surface area contributed by atoms with Crippen LogP contribution in [0.2, 0.25) is 0 Å². The number of hydrogen-bond donors (Lipinski definition) is 2. The van der Waals surface area contributed by atoms with Crippen molar-refractivity contribution >= 4 is 17.3 Å². The van der Waals surface area contributed by atoms with E-state index >= 15 is 0 Å². The lowest BCUT2D eigenvalue weighted by atomic mass is 10.1. The third kappa shape index (κ3) is 4.37. The fraction of sp³-hybridized carbons (Fsp3) is 0.500. The van der Waals surface area contributed by atoms with Gasteiger partial charge in [0.2, 0.25) is 5.91 Å². The normalized spacial score (nSPS) is 12.1. The zero-order valence-electron chi connectivity index (χ0n) is 11.7. The molecule has 0 aromatic heterocycles. The van der Waals surface area contributed by atoms with Crippen LogP contribution in [0.4, 0.5) is 11.4 Å². The lowest BCUT2D eigenvalue weighted by Crippen LogP contribution is -2.19. The summed E-state index contributed by atoms with van der Waals surface area (Å²) in [7, 11) is 3.99. The maximum absolute atomic E-state index is 11.7. The average molecular weight is 249 g/mol. The van der Waals surface area contributed by atoms with Crippen LogP contribution in [-0.4, -0.2) is 26.0 Å². The van der Waals surface area contributed by atoms with E-state index in [4.69, 9.17) is 5.73 Å². The SMILES string of the molecule is Cc1cc(N(C)C)ccc1NC(=O)CCC(C)N. The van der Waals surface area contributed by atoms with Crippen LogP contribution in [-0.2, 0) is 4.79 Å². The molecular weight excluding hydrogens is 226 g/mol. The summed E-state index contributed by atoms with van der Waals surface area (Å²) in [5.74, 6) is 0.0213. The average Bonchev–Trinajstić information content (AvgIpc) is 2.29. The number of nitrogens with one attached hydrogen (secondary N) is 1. The molecule has 0 saturated heterocycles. The van der Waals surface area contributed by atoms with Gasteiger partial charge in [-0.3, -0.25) is 4.79 Å². The summed E-state index contributed by atoms with van der Waals surface area (Å²) < 4.78 is 0. The number of nitrogens with two attached hydrogens (primary N) is 1. The summed E-state index contributed by atoms with van der Waals surface area (Å²) in [4.78, 5) is 13.7. The maximum atomic E-state index is 11.7. The highest BCUT2D eigenvalue weighted by Crippen LogP contribution is 2.21. The molecule has 0 aliphatic carbocycles. The summed E-state index contributed by atoms with van der Waals surface area (Å²) in [6.07, 6.45) is 1.17. The molecule has 1 aromatic rings. The Hall–Kier alpha value is -1.55. The molecule has 1 atom stereocenters. The van der Waals surface area contributed by atoms with E-state index in [9.17, 15) is 4.79 Å². The third-order valence-electron chi connectivity index (χ3n) is 2.83. The van der Waals surface area contributed by atoms with E-state index < -0.39 is 0 Å². The van der Waals surface area contributed by atoms with Crippen molar-refractivity contribution in [3.8, 4) is 0 Å². The predicted octanol–water partition coefficient (Wildman–Crippen LogP) is 2.13. The summed E-state index contributed by atoms with van der Waals surface area (Å²) in [5.41, 5.74) is 8.69. The molecule has 18 heavy (non-hydrogen) atoms. The first kappa shape index (κ1) is 14.5. The van der Waals surface area contributed by atoms with Crippen LogP contribution in [0.5, 0.6) is 0 Å². The number of aryl methyl sites for hydroxylation is 1. The molecule has 0 heterocycles. The molecular formula is C14H23N3O. The smallest absolute Gasteiger partial charge is 0.224 e. The van der Waals surface area contributed by atoms with E-state index in [1.165, 1.54) is 0 Å². The highest BCUT2D eigenvalue weighted by atomic mass is 16.1. The van der Waals surface area contributed by atoms with Crippen molar-refractivity contribution in [1.82, 2.24) is 0 Å². The zero-order chi connectivity index (χ0) is 13.7. The summed E-state index contributed by atoms with van der Waals surface area (Å²) in [5, 5.41) is 2.92. The Labute approximate surface area is 109 Å². The third-order valence-corrected chi connectivity index (χ3v) is 2.83. The minimum absolute atomic E-state index is 0.0213. The number of carbonyl (C=O) groups is 1. The van der Waals surface area contributed by atoms with E-state index in [1.54, 1.807) is 0 Å². The minimum Gasteiger partial charge on any atom is -0.378 e. The summed E-state index contributed by atoms with van der Waals surface area (Å²) in [6.45, 7) is 3.90. The topological polar surface area (TPSA) is 58.4 Å². The molecule has 1 unspecified atom stereocenters. The Morgan fingerprint density at radius 1 is 1.44 bits per heavy atom.